The molecule has 0 saturated carbocycles. The van der Waals surface area contributed by atoms with E-state index in [9.17, 15) is 5.21 Å². The summed E-state index contributed by atoms with van der Waals surface area (Å²) < 4.78 is 6.35. The van der Waals surface area contributed by atoms with Gasteiger partial charge in [-0.05, 0) is 68.1 Å². The van der Waals surface area contributed by atoms with E-state index in [1.807, 2.05) is 12.1 Å². The van der Waals surface area contributed by atoms with Crippen LogP contribution in [0.1, 0.15) is 36.1 Å². The Labute approximate surface area is 164 Å². The van der Waals surface area contributed by atoms with E-state index in [1.165, 1.54) is 18.4 Å². The number of furan rings is 1. The smallest absolute Gasteiger partial charge is 0.142 e. The van der Waals surface area contributed by atoms with Crippen LogP contribution in [0.3, 0.4) is 0 Å². The second-order valence-electron chi connectivity index (χ2n) is 7.59. The molecule has 1 saturated heterocycles. The molecular formula is C23H23N3O2. The summed E-state index contributed by atoms with van der Waals surface area (Å²) in [6.07, 6.45) is 7.83. The fourth-order valence-corrected chi connectivity index (χ4v) is 4.35. The van der Waals surface area contributed by atoms with Crippen molar-refractivity contribution in [1.82, 2.24) is 9.88 Å². The molecule has 0 spiro atoms. The van der Waals surface area contributed by atoms with Crippen LogP contribution in [0.15, 0.2) is 58.4 Å². The van der Waals surface area contributed by atoms with E-state index in [2.05, 4.69) is 39.3 Å². The number of nitrogens with zero attached hydrogens (tertiary/aromatic N) is 3. The second kappa shape index (κ2) is 7.24. The fourth-order valence-electron chi connectivity index (χ4n) is 4.35. The summed E-state index contributed by atoms with van der Waals surface area (Å²) in [4.78, 5) is 6.59. The molecule has 0 unspecified atom stereocenters. The van der Waals surface area contributed by atoms with Crippen LogP contribution in [0.4, 0.5) is 0 Å². The predicted molar refractivity (Wildman–Crippen MR) is 109 cm³/mol. The first-order chi connectivity index (χ1) is 13.8. The van der Waals surface area contributed by atoms with Crippen LogP contribution in [-0.2, 0) is 13.0 Å². The number of fused-ring (bicyclic) bond motifs is 1. The van der Waals surface area contributed by atoms with E-state index in [1.54, 1.807) is 12.4 Å². The van der Waals surface area contributed by atoms with Crippen LogP contribution in [0.2, 0.25) is 0 Å². The van der Waals surface area contributed by atoms with Crippen molar-refractivity contribution in [3.63, 3.8) is 0 Å². The molecule has 1 aliphatic carbocycles. The Bertz CT molecular complexity index is 1020. The highest BCUT2D eigenvalue weighted by Crippen LogP contribution is 2.37. The Morgan fingerprint density at radius 3 is 2.57 bits per heavy atom. The summed E-state index contributed by atoms with van der Waals surface area (Å²) in [6.45, 7) is 3.13. The van der Waals surface area contributed by atoms with Crippen molar-refractivity contribution in [1.29, 1.82) is 0 Å². The molecule has 0 atom stereocenters. The average molecular weight is 373 g/mol. The predicted octanol–water partition coefficient (Wildman–Crippen LogP) is 4.73. The zero-order valence-corrected chi connectivity index (χ0v) is 15.8. The largest absolute Gasteiger partial charge is 0.459 e. The minimum Gasteiger partial charge on any atom is -0.459 e. The van der Waals surface area contributed by atoms with Crippen LogP contribution in [-0.4, -0.2) is 33.9 Å². The van der Waals surface area contributed by atoms with Crippen molar-refractivity contribution in [2.45, 2.75) is 32.2 Å². The summed E-state index contributed by atoms with van der Waals surface area (Å²) in [7, 11) is 0. The van der Waals surface area contributed by atoms with Gasteiger partial charge in [0.15, 0.2) is 0 Å². The first kappa shape index (κ1) is 17.2. The molecule has 5 nitrogen and oxygen atoms in total. The average Bonchev–Trinajstić information content (AvgIpc) is 3.48. The Morgan fingerprint density at radius 1 is 0.964 bits per heavy atom. The SMILES string of the molecule is O/N=C1/CCc2cc(-c3cc(CN4CCCC4)oc3-c3ccncc3)ccc21. The highest BCUT2D eigenvalue weighted by atomic mass is 16.4. The van der Waals surface area contributed by atoms with Crippen molar-refractivity contribution in [2.75, 3.05) is 13.1 Å². The number of aromatic nitrogens is 1. The Kier molecular flexibility index (Phi) is 4.45. The van der Waals surface area contributed by atoms with Gasteiger partial charge < -0.3 is 9.62 Å². The number of aryl methyl sites for hydroxylation is 1. The van der Waals surface area contributed by atoms with Crippen LogP contribution in [0, 0.1) is 0 Å². The number of oxime groups is 1. The van der Waals surface area contributed by atoms with Crippen LogP contribution in [0.25, 0.3) is 22.5 Å². The molecule has 28 heavy (non-hydrogen) atoms. The topological polar surface area (TPSA) is 61.9 Å². The number of pyridine rings is 1. The minimum atomic E-state index is 0.776. The fraction of sp³-hybridized carbons (Fsp3) is 0.304. The van der Waals surface area contributed by atoms with Crippen molar-refractivity contribution in [2.24, 2.45) is 5.16 Å². The third-order valence-corrected chi connectivity index (χ3v) is 5.78. The molecule has 0 bridgehead atoms. The summed E-state index contributed by atoms with van der Waals surface area (Å²) in [5.74, 6) is 1.90. The van der Waals surface area contributed by atoms with Crippen LogP contribution >= 0.6 is 0 Å². The van der Waals surface area contributed by atoms with Crippen molar-refractivity contribution in [3.05, 3.63) is 65.7 Å². The van der Waals surface area contributed by atoms with Crippen molar-refractivity contribution < 1.29 is 9.62 Å². The number of hydrogen-bond acceptors (Lipinski definition) is 5. The molecule has 5 heteroatoms. The Morgan fingerprint density at radius 2 is 1.79 bits per heavy atom. The monoisotopic (exact) mass is 373 g/mol. The molecule has 3 aromatic rings. The number of likely N-dealkylation sites (tertiary alicyclic amines) is 1. The number of benzene rings is 1. The number of hydrogen-bond donors (Lipinski definition) is 1. The van der Waals surface area contributed by atoms with E-state index >= 15 is 0 Å². The Balaban J connectivity index is 1.57. The molecule has 5 rings (SSSR count). The Hall–Kier alpha value is -2.92. The lowest BCUT2D eigenvalue weighted by atomic mass is 9.98. The van der Waals surface area contributed by atoms with Gasteiger partial charge in [-0.1, -0.05) is 23.4 Å². The van der Waals surface area contributed by atoms with Gasteiger partial charge in [-0.25, -0.2) is 0 Å². The number of rotatable bonds is 4. The lowest BCUT2D eigenvalue weighted by Gasteiger charge is -2.11. The van der Waals surface area contributed by atoms with Gasteiger partial charge in [-0.15, -0.1) is 0 Å². The van der Waals surface area contributed by atoms with Gasteiger partial charge in [-0.2, -0.15) is 0 Å². The quantitative estimate of drug-likeness (QED) is 0.530. The molecule has 2 aliphatic rings. The minimum absolute atomic E-state index is 0.776. The molecule has 0 amide bonds. The van der Waals surface area contributed by atoms with Crippen LogP contribution < -0.4 is 0 Å². The lowest BCUT2D eigenvalue weighted by molar-refractivity contribution is 0.299. The molecule has 142 valence electrons. The molecule has 1 fully saturated rings. The lowest BCUT2D eigenvalue weighted by Crippen LogP contribution is -2.17. The third kappa shape index (κ3) is 3.12. The molecule has 2 aromatic heterocycles. The first-order valence-corrected chi connectivity index (χ1v) is 9.92. The normalized spacial score (nSPS) is 18.1. The van der Waals surface area contributed by atoms with E-state index in [-0.39, 0.29) is 0 Å². The van der Waals surface area contributed by atoms with E-state index < -0.39 is 0 Å². The van der Waals surface area contributed by atoms with Gasteiger partial charge in [-0.3, -0.25) is 9.88 Å². The van der Waals surface area contributed by atoms with Gasteiger partial charge in [0.1, 0.15) is 11.5 Å². The maximum absolute atomic E-state index is 9.19. The molecule has 0 radical (unpaired) electrons. The standard InChI is InChI=1S/C23H23N3O2/c27-25-22-6-4-17-13-18(3-5-20(17)22)21-14-19(15-26-11-1-2-12-26)28-23(21)16-7-9-24-10-8-16/h3,5,7-10,13-14,27H,1-2,4,6,11-12,15H2/b25-22-. The summed E-state index contributed by atoms with van der Waals surface area (Å²) in [5, 5.41) is 12.6. The zero-order valence-electron chi connectivity index (χ0n) is 15.8. The third-order valence-electron chi connectivity index (χ3n) is 5.78. The first-order valence-electron chi connectivity index (χ1n) is 9.92. The van der Waals surface area contributed by atoms with Gasteiger partial charge in [0.2, 0.25) is 0 Å². The van der Waals surface area contributed by atoms with Crippen LogP contribution in [0.5, 0.6) is 0 Å². The van der Waals surface area contributed by atoms with Gasteiger partial charge in [0, 0.05) is 29.1 Å². The van der Waals surface area contributed by atoms with Gasteiger partial charge in [0.25, 0.3) is 0 Å². The summed E-state index contributed by atoms with van der Waals surface area (Å²) in [5.41, 5.74) is 6.35. The second-order valence-corrected chi connectivity index (χ2v) is 7.59. The summed E-state index contributed by atoms with van der Waals surface area (Å²) >= 11 is 0. The zero-order chi connectivity index (χ0) is 18.9. The molecular weight excluding hydrogens is 350 g/mol. The van der Waals surface area contributed by atoms with Gasteiger partial charge >= 0.3 is 0 Å². The summed E-state index contributed by atoms with van der Waals surface area (Å²) in [6, 6.07) is 12.5. The van der Waals surface area contributed by atoms with Crippen molar-refractivity contribution >= 4 is 5.71 Å². The highest BCUT2D eigenvalue weighted by Gasteiger charge is 2.22. The molecule has 1 aromatic carbocycles. The van der Waals surface area contributed by atoms with E-state index in [0.29, 0.717) is 0 Å². The molecule has 3 heterocycles. The maximum Gasteiger partial charge on any atom is 0.142 e. The van der Waals surface area contributed by atoms with E-state index in [4.69, 9.17) is 4.42 Å². The highest BCUT2D eigenvalue weighted by molar-refractivity contribution is 6.04. The van der Waals surface area contributed by atoms with E-state index in [0.717, 1.165) is 72.0 Å². The maximum atomic E-state index is 9.19. The van der Waals surface area contributed by atoms with Gasteiger partial charge in [0.05, 0.1) is 12.3 Å². The van der Waals surface area contributed by atoms with Crippen molar-refractivity contribution in [3.8, 4) is 22.5 Å². The molecule has 1 aliphatic heterocycles. The molecule has 1 N–H and O–H groups in total.